The first-order chi connectivity index (χ1) is 8.70. The Labute approximate surface area is 120 Å². The van der Waals surface area contributed by atoms with E-state index < -0.39 is 0 Å². The van der Waals surface area contributed by atoms with E-state index in [-0.39, 0.29) is 18.3 Å². The smallest absolute Gasteiger partial charge is 0.216 e. The molecule has 1 unspecified atom stereocenters. The van der Waals surface area contributed by atoms with Crippen molar-refractivity contribution in [2.24, 2.45) is 0 Å². The number of rotatable bonds is 4. The minimum atomic E-state index is 0. The van der Waals surface area contributed by atoms with Gasteiger partial charge in [0.15, 0.2) is 0 Å². The van der Waals surface area contributed by atoms with Crippen LogP contribution in [0.4, 0.5) is 0 Å². The van der Waals surface area contributed by atoms with Crippen molar-refractivity contribution in [1.29, 1.82) is 0 Å². The van der Waals surface area contributed by atoms with Gasteiger partial charge in [0.25, 0.3) is 0 Å². The van der Waals surface area contributed by atoms with Crippen LogP contribution < -0.4 is 15.4 Å². The van der Waals surface area contributed by atoms with Gasteiger partial charge in [-0.1, -0.05) is 6.07 Å². The fraction of sp³-hybridized carbons (Fsp3) is 0.500. The molecule has 0 spiro atoms. The summed E-state index contributed by atoms with van der Waals surface area (Å²) in [5.41, 5.74) is 2.67. The number of ether oxygens (including phenoxy) is 1. The second-order valence-electron chi connectivity index (χ2n) is 4.66. The quantitative estimate of drug-likeness (QED) is 0.887. The molecule has 1 amide bonds. The molecular formula is C14H21ClN2O2. The van der Waals surface area contributed by atoms with Gasteiger partial charge in [0.1, 0.15) is 5.75 Å². The molecule has 1 atom stereocenters. The molecule has 5 heteroatoms. The highest BCUT2D eigenvalue weighted by Crippen LogP contribution is 2.29. The van der Waals surface area contributed by atoms with E-state index in [2.05, 4.69) is 22.8 Å². The fourth-order valence-electron chi connectivity index (χ4n) is 2.41. The number of fused-ring (bicyclic) bond motifs is 1. The van der Waals surface area contributed by atoms with Crippen molar-refractivity contribution < 1.29 is 9.53 Å². The van der Waals surface area contributed by atoms with Crippen LogP contribution >= 0.6 is 12.4 Å². The molecule has 0 saturated carbocycles. The second kappa shape index (κ2) is 7.36. The Balaban J connectivity index is 0.00000180. The van der Waals surface area contributed by atoms with Crippen molar-refractivity contribution in [2.45, 2.75) is 25.8 Å². The molecule has 0 fully saturated rings. The van der Waals surface area contributed by atoms with Gasteiger partial charge < -0.3 is 15.4 Å². The van der Waals surface area contributed by atoms with Crippen LogP contribution in [-0.2, 0) is 11.3 Å². The molecular weight excluding hydrogens is 264 g/mol. The highest BCUT2D eigenvalue weighted by Gasteiger charge is 2.20. The molecule has 1 heterocycles. The summed E-state index contributed by atoms with van der Waals surface area (Å²) in [7, 11) is 1.69. The maximum atomic E-state index is 10.9. The average Bonchev–Trinajstić information content (AvgIpc) is 2.38. The lowest BCUT2D eigenvalue weighted by Gasteiger charge is -2.27. The van der Waals surface area contributed by atoms with Gasteiger partial charge in [-0.25, -0.2) is 0 Å². The van der Waals surface area contributed by atoms with Crippen molar-refractivity contribution in [1.82, 2.24) is 10.6 Å². The molecule has 1 aliphatic heterocycles. The number of methoxy groups -OCH3 is 1. The number of nitrogens with one attached hydrogen (secondary N) is 2. The summed E-state index contributed by atoms with van der Waals surface area (Å²) in [5, 5.41) is 6.27. The highest BCUT2D eigenvalue weighted by molar-refractivity contribution is 5.85. The summed E-state index contributed by atoms with van der Waals surface area (Å²) in [6.07, 6.45) is 0.951. The first kappa shape index (κ1) is 15.8. The summed E-state index contributed by atoms with van der Waals surface area (Å²) in [5.74, 6) is 1.38. The van der Waals surface area contributed by atoms with Gasteiger partial charge in [0, 0.05) is 26.6 Å². The minimum absolute atomic E-state index is 0. The molecule has 19 heavy (non-hydrogen) atoms. The van der Waals surface area contributed by atoms with Crippen LogP contribution in [0.15, 0.2) is 18.2 Å². The van der Waals surface area contributed by atoms with Crippen molar-refractivity contribution in [3.8, 4) is 5.75 Å². The van der Waals surface area contributed by atoms with Crippen LogP contribution in [0.1, 0.15) is 30.4 Å². The van der Waals surface area contributed by atoms with Gasteiger partial charge in [-0.3, -0.25) is 4.79 Å². The Hall–Kier alpha value is -1.26. The lowest BCUT2D eigenvalue weighted by molar-refractivity contribution is -0.118. The van der Waals surface area contributed by atoms with E-state index in [0.717, 1.165) is 31.8 Å². The van der Waals surface area contributed by atoms with Gasteiger partial charge in [0.05, 0.1) is 7.11 Å². The maximum absolute atomic E-state index is 10.9. The van der Waals surface area contributed by atoms with E-state index in [4.69, 9.17) is 4.74 Å². The molecule has 0 bridgehead atoms. The standard InChI is InChI=1S/C14H20N2O2.ClH/c1-10(17)16-6-5-12-9-15-8-11-3-4-13(18-2)7-14(11)12;/h3-4,7,12,15H,5-6,8-9H2,1-2H3,(H,16,17);1H. The summed E-state index contributed by atoms with van der Waals surface area (Å²) in [4.78, 5) is 10.9. The molecule has 1 aromatic rings. The molecule has 0 radical (unpaired) electrons. The molecule has 0 aliphatic carbocycles. The Morgan fingerprint density at radius 1 is 1.53 bits per heavy atom. The lowest BCUT2D eigenvalue weighted by atomic mass is 9.88. The highest BCUT2D eigenvalue weighted by atomic mass is 35.5. The molecule has 4 nitrogen and oxygen atoms in total. The van der Waals surface area contributed by atoms with Crippen LogP contribution in [0.2, 0.25) is 0 Å². The van der Waals surface area contributed by atoms with Gasteiger partial charge in [-0.05, 0) is 35.6 Å². The maximum Gasteiger partial charge on any atom is 0.216 e. The van der Waals surface area contributed by atoms with Crippen LogP contribution in [0.5, 0.6) is 5.75 Å². The minimum Gasteiger partial charge on any atom is -0.497 e. The van der Waals surface area contributed by atoms with Crippen LogP contribution in [0, 0.1) is 0 Å². The van der Waals surface area contributed by atoms with Crippen molar-refractivity contribution in [3.05, 3.63) is 29.3 Å². The zero-order chi connectivity index (χ0) is 13.0. The summed E-state index contributed by atoms with van der Waals surface area (Å²) in [6, 6.07) is 6.23. The van der Waals surface area contributed by atoms with Gasteiger partial charge >= 0.3 is 0 Å². The fourth-order valence-corrected chi connectivity index (χ4v) is 2.41. The molecule has 1 aromatic carbocycles. The van der Waals surface area contributed by atoms with Crippen molar-refractivity contribution in [2.75, 3.05) is 20.2 Å². The van der Waals surface area contributed by atoms with Crippen molar-refractivity contribution in [3.63, 3.8) is 0 Å². The molecule has 0 aromatic heterocycles. The first-order valence-corrected chi connectivity index (χ1v) is 6.32. The first-order valence-electron chi connectivity index (χ1n) is 6.32. The van der Waals surface area contributed by atoms with Gasteiger partial charge in [-0.15, -0.1) is 12.4 Å². The van der Waals surface area contributed by atoms with E-state index >= 15 is 0 Å². The molecule has 106 valence electrons. The van der Waals surface area contributed by atoms with Gasteiger partial charge in [-0.2, -0.15) is 0 Å². The zero-order valence-electron chi connectivity index (χ0n) is 11.4. The third-order valence-corrected chi connectivity index (χ3v) is 3.37. The zero-order valence-corrected chi connectivity index (χ0v) is 12.2. The molecule has 2 rings (SSSR count). The Morgan fingerprint density at radius 3 is 3.00 bits per heavy atom. The summed E-state index contributed by atoms with van der Waals surface area (Å²) >= 11 is 0. The number of benzene rings is 1. The third-order valence-electron chi connectivity index (χ3n) is 3.37. The Kier molecular flexibility index (Phi) is 6.12. The Bertz CT molecular complexity index is 437. The average molecular weight is 285 g/mol. The van der Waals surface area contributed by atoms with Crippen LogP contribution in [0.25, 0.3) is 0 Å². The molecule has 0 saturated heterocycles. The number of halogens is 1. The lowest BCUT2D eigenvalue weighted by Crippen LogP contribution is -2.31. The second-order valence-corrected chi connectivity index (χ2v) is 4.66. The largest absolute Gasteiger partial charge is 0.497 e. The predicted molar refractivity (Wildman–Crippen MR) is 78.0 cm³/mol. The van der Waals surface area contributed by atoms with Gasteiger partial charge in [0.2, 0.25) is 5.91 Å². The topological polar surface area (TPSA) is 50.4 Å². The normalized spacial score (nSPS) is 17.1. The number of carbonyl (C=O) groups excluding carboxylic acids is 1. The van der Waals surface area contributed by atoms with E-state index in [1.807, 2.05) is 6.07 Å². The molecule has 1 aliphatic rings. The molecule has 2 N–H and O–H groups in total. The predicted octanol–water partition coefficient (Wildman–Crippen LogP) is 1.83. The van der Waals surface area contributed by atoms with E-state index in [1.54, 1.807) is 14.0 Å². The number of hydrogen-bond donors (Lipinski definition) is 2. The third kappa shape index (κ3) is 4.11. The van der Waals surface area contributed by atoms with E-state index in [9.17, 15) is 4.79 Å². The SMILES string of the molecule is COc1ccc2c(c1)C(CCNC(C)=O)CNC2.Cl. The van der Waals surface area contributed by atoms with E-state index in [1.165, 1.54) is 11.1 Å². The van der Waals surface area contributed by atoms with E-state index in [0.29, 0.717) is 5.92 Å². The Morgan fingerprint density at radius 2 is 2.32 bits per heavy atom. The van der Waals surface area contributed by atoms with Crippen molar-refractivity contribution >= 4 is 18.3 Å². The number of carbonyl (C=O) groups is 1. The number of hydrogen-bond acceptors (Lipinski definition) is 3. The van der Waals surface area contributed by atoms with Crippen LogP contribution in [-0.4, -0.2) is 26.1 Å². The monoisotopic (exact) mass is 284 g/mol. The van der Waals surface area contributed by atoms with Crippen LogP contribution in [0.3, 0.4) is 0 Å². The summed E-state index contributed by atoms with van der Waals surface area (Å²) in [6.45, 7) is 4.14. The number of amides is 1. The summed E-state index contributed by atoms with van der Waals surface area (Å²) < 4.78 is 5.28.